The third-order valence-corrected chi connectivity index (χ3v) is 3.22. The lowest BCUT2D eigenvalue weighted by Gasteiger charge is -2.17. The predicted molar refractivity (Wildman–Crippen MR) is 78.8 cm³/mol. The summed E-state index contributed by atoms with van der Waals surface area (Å²) in [4.78, 5) is 11.7. The molecule has 0 aliphatic carbocycles. The second kappa shape index (κ2) is 6.34. The fraction of sp³-hybridized carbons (Fsp3) is 0.312. The van der Waals surface area contributed by atoms with Crippen molar-refractivity contribution >= 4 is 16.7 Å². The molecule has 3 heteroatoms. The van der Waals surface area contributed by atoms with Crippen molar-refractivity contribution in [2.24, 2.45) is 5.73 Å². The summed E-state index contributed by atoms with van der Waals surface area (Å²) in [5.74, 6) is 0.0612. The summed E-state index contributed by atoms with van der Waals surface area (Å²) in [5.41, 5.74) is 6.84. The largest absolute Gasteiger partial charge is 0.348 e. The Morgan fingerprint density at radius 1 is 1.21 bits per heavy atom. The molecule has 3 nitrogen and oxygen atoms in total. The number of fused-ring (bicyclic) bond motifs is 1. The van der Waals surface area contributed by atoms with Crippen LogP contribution in [0.5, 0.6) is 0 Å². The number of carbonyl (C=O) groups excluding carboxylic acids is 1. The van der Waals surface area contributed by atoms with E-state index in [0.717, 1.165) is 12.0 Å². The average Bonchev–Trinajstić information content (AvgIpc) is 2.44. The van der Waals surface area contributed by atoms with Gasteiger partial charge in [-0.3, -0.25) is 4.79 Å². The monoisotopic (exact) mass is 256 g/mol. The van der Waals surface area contributed by atoms with Gasteiger partial charge in [-0.15, -0.1) is 0 Å². The molecule has 0 aromatic heterocycles. The van der Waals surface area contributed by atoms with E-state index in [1.165, 1.54) is 10.8 Å². The van der Waals surface area contributed by atoms with Gasteiger partial charge in [0.15, 0.2) is 0 Å². The van der Waals surface area contributed by atoms with Crippen LogP contribution in [-0.4, -0.2) is 12.5 Å². The minimum atomic E-state index is -0.108. The standard InChI is InChI=1S/C16H20N2O/c1-2-5-16(19)18-15(11-17)14-9-8-12-6-3-4-7-13(12)10-14/h3-4,6-10,15H,2,5,11,17H2,1H3,(H,18,19). The summed E-state index contributed by atoms with van der Waals surface area (Å²) in [6.07, 6.45) is 1.39. The first kappa shape index (κ1) is 13.6. The molecule has 2 rings (SSSR count). The van der Waals surface area contributed by atoms with Gasteiger partial charge in [-0.1, -0.05) is 43.3 Å². The van der Waals surface area contributed by atoms with E-state index in [0.29, 0.717) is 13.0 Å². The number of nitrogens with two attached hydrogens (primary N) is 1. The van der Waals surface area contributed by atoms with E-state index in [2.05, 4.69) is 29.6 Å². The quantitative estimate of drug-likeness (QED) is 0.864. The highest BCUT2D eigenvalue weighted by Crippen LogP contribution is 2.20. The number of rotatable bonds is 5. The number of carbonyl (C=O) groups is 1. The fourth-order valence-corrected chi connectivity index (χ4v) is 2.20. The summed E-state index contributed by atoms with van der Waals surface area (Å²) >= 11 is 0. The highest BCUT2D eigenvalue weighted by Gasteiger charge is 2.12. The molecule has 19 heavy (non-hydrogen) atoms. The second-order valence-electron chi connectivity index (χ2n) is 4.71. The Balaban J connectivity index is 2.22. The van der Waals surface area contributed by atoms with E-state index in [-0.39, 0.29) is 11.9 Å². The SMILES string of the molecule is CCCC(=O)NC(CN)c1ccc2ccccc2c1. The van der Waals surface area contributed by atoms with Crippen LogP contribution in [0.4, 0.5) is 0 Å². The van der Waals surface area contributed by atoms with E-state index < -0.39 is 0 Å². The number of benzene rings is 2. The number of nitrogens with one attached hydrogen (secondary N) is 1. The van der Waals surface area contributed by atoms with Crippen molar-refractivity contribution in [2.75, 3.05) is 6.54 Å². The molecule has 1 atom stereocenters. The lowest BCUT2D eigenvalue weighted by Crippen LogP contribution is -2.33. The summed E-state index contributed by atoms with van der Waals surface area (Å²) in [6.45, 7) is 2.40. The van der Waals surface area contributed by atoms with E-state index in [1.54, 1.807) is 0 Å². The highest BCUT2D eigenvalue weighted by atomic mass is 16.1. The molecule has 100 valence electrons. The molecule has 1 amide bonds. The molecule has 0 radical (unpaired) electrons. The van der Waals surface area contributed by atoms with Gasteiger partial charge in [-0.2, -0.15) is 0 Å². The number of hydrogen-bond acceptors (Lipinski definition) is 2. The third kappa shape index (κ3) is 3.32. The maximum atomic E-state index is 11.7. The van der Waals surface area contributed by atoms with Crippen molar-refractivity contribution in [3.8, 4) is 0 Å². The van der Waals surface area contributed by atoms with Crippen LogP contribution < -0.4 is 11.1 Å². The van der Waals surface area contributed by atoms with Crippen LogP contribution in [0.2, 0.25) is 0 Å². The number of hydrogen-bond donors (Lipinski definition) is 2. The summed E-state index contributed by atoms with van der Waals surface area (Å²) in [6, 6.07) is 14.3. The Kier molecular flexibility index (Phi) is 4.53. The van der Waals surface area contributed by atoms with Crippen LogP contribution in [0.25, 0.3) is 10.8 Å². The summed E-state index contributed by atoms with van der Waals surface area (Å²) in [7, 11) is 0. The Morgan fingerprint density at radius 3 is 2.63 bits per heavy atom. The van der Waals surface area contributed by atoms with Crippen LogP contribution >= 0.6 is 0 Å². The van der Waals surface area contributed by atoms with Gasteiger partial charge in [0.25, 0.3) is 0 Å². The molecule has 0 aliphatic rings. The van der Waals surface area contributed by atoms with Crippen molar-refractivity contribution < 1.29 is 4.79 Å². The first-order valence-corrected chi connectivity index (χ1v) is 6.72. The molecule has 0 fully saturated rings. The lowest BCUT2D eigenvalue weighted by molar-refractivity contribution is -0.121. The topological polar surface area (TPSA) is 55.1 Å². The van der Waals surface area contributed by atoms with Gasteiger partial charge in [0.2, 0.25) is 5.91 Å². The zero-order chi connectivity index (χ0) is 13.7. The molecule has 2 aromatic rings. The smallest absolute Gasteiger partial charge is 0.220 e. The molecule has 0 spiro atoms. The van der Waals surface area contributed by atoms with Gasteiger partial charge in [-0.05, 0) is 28.8 Å². The van der Waals surface area contributed by atoms with Crippen LogP contribution in [0.1, 0.15) is 31.4 Å². The Bertz CT molecular complexity index is 565. The number of amides is 1. The molecule has 0 saturated heterocycles. The van der Waals surface area contributed by atoms with Crippen molar-refractivity contribution in [1.82, 2.24) is 5.32 Å². The molecule has 3 N–H and O–H groups in total. The second-order valence-corrected chi connectivity index (χ2v) is 4.71. The third-order valence-electron chi connectivity index (χ3n) is 3.22. The van der Waals surface area contributed by atoms with Crippen LogP contribution in [0.15, 0.2) is 42.5 Å². The first-order valence-electron chi connectivity index (χ1n) is 6.72. The Labute approximate surface area is 113 Å². The van der Waals surface area contributed by atoms with Gasteiger partial charge in [0, 0.05) is 13.0 Å². The van der Waals surface area contributed by atoms with Crippen LogP contribution in [0.3, 0.4) is 0 Å². The average molecular weight is 256 g/mol. The molecule has 0 heterocycles. The van der Waals surface area contributed by atoms with Crippen LogP contribution in [0, 0.1) is 0 Å². The minimum absolute atomic E-state index is 0.0612. The van der Waals surface area contributed by atoms with Gasteiger partial charge < -0.3 is 11.1 Å². The van der Waals surface area contributed by atoms with Crippen molar-refractivity contribution in [3.05, 3.63) is 48.0 Å². The molecule has 2 aromatic carbocycles. The normalized spacial score (nSPS) is 12.3. The lowest BCUT2D eigenvalue weighted by atomic mass is 10.0. The Morgan fingerprint density at radius 2 is 1.95 bits per heavy atom. The maximum absolute atomic E-state index is 11.7. The van der Waals surface area contributed by atoms with E-state index >= 15 is 0 Å². The van der Waals surface area contributed by atoms with Gasteiger partial charge >= 0.3 is 0 Å². The van der Waals surface area contributed by atoms with E-state index in [4.69, 9.17) is 5.73 Å². The molecule has 1 unspecified atom stereocenters. The van der Waals surface area contributed by atoms with Crippen LogP contribution in [-0.2, 0) is 4.79 Å². The van der Waals surface area contributed by atoms with Gasteiger partial charge in [0.05, 0.1) is 6.04 Å². The predicted octanol–water partition coefficient (Wildman–Crippen LogP) is 2.76. The molecule has 0 aliphatic heterocycles. The van der Waals surface area contributed by atoms with Crippen molar-refractivity contribution in [1.29, 1.82) is 0 Å². The zero-order valence-corrected chi connectivity index (χ0v) is 11.2. The van der Waals surface area contributed by atoms with E-state index in [1.807, 2.05) is 25.1 Å². The molecule has 0 bridgehead atoms. The summed E-state index contributed by atoms with van der Waals surface area (Å²) in [5, 5.41) is 5.35. The fourth-order valence-electron chi connectivity index (χ4n) is 2.20. The van der Waals surface area contributed by atoms with Gasteiger partial charge in [-0.25, -0.2) is 0 Å². The minimum Gasteiger partial charge on any atom is -0.348 e. The highest BCUT2D eigenvalue weighted by molar-refractivity contribution is 5.83. The Hall–Kier alpha value is -1.87. The van der Waals surface area contributed by atoms with Crippen molar-refractivity contribution in [3.63, 3.8) is 0 Å². The van der Waals surface area contributed by atoms with Gasteiger partial charge in [0.1, 0.15) is 0 Å². The maximum Gasteiger partial charge on any atom is 0.220 e. The zero-order valence-electron chi connectivity index (χ0n) is 11.2. The van der Waals surface area contributed by atoms with Crippen molar-refractivity contribution in [2.45, 2.75) is 25.8 Å². The molecule has 0 saturated carbocycles. The first-order chi connectivity index (χ1) is 9.24. The molecular formula is C16H20N2O. The summed E-state index contributed by atoms with van der Waals surface area (Å²) < 4.78 is 0. The molecular weight excluding hydrogens is 236 g/mol. The van der Waals surface area contributed by atoms with E-state index in [9.17, 15) is 4.79 Å².